The molecule has 1 aromatic rings. The monoisotopic (exact) mass is 290 g/mol. The number of hydrogen-bond acceptors (Lipinski definition) is 4. The highest BCUT2D eigenvalue weighted by Crippen LogP contribution is 2.12. The van der Waals surface area contributed by atoms with Crippen LogP contribution in [0.3, 0.4) is 0 Å². The van der Waals surface area contributed by atoms with Crippen molar-refractivity contribution >= 4 is 5.91 Å². The third-order valence-electron chi connectivity index (χ3n) is 4.34. The molecular weight excluding hydrogens is 264 g/mol. The van der Waals surface area contributed by atoms with Crippen molar-refractivity contribution in [1.82, 2.24) is 14.8 Å². The predicted molar refractivity (Wildman–Crippen MR) is 83.5 cm³/mol. The van der Waals surface area contributed by atoms with Crippen LogP contribution >= 0.6 is 0 Å². The zero-order valence-corrected chi connectivity index (χ0v) is 13.0. The van der Waals surface area contributed by atoms with Gasteiger partial charge in [0.25, 0.3) is 0 Å². The fourth-order valence-corrected chi connectivity index (χ4v) is 2.56. The van der Waals surface area contributed by atoms with E-state index >= 15 is 0 Å². The van der Waals surface area contributed by atoms with E-state index in [1.807, 2.05) is 36.2 Å². The first kappa shape index (κ1) is 15.9. The molecule has 1 amide bonds. The van der Waals surface area contributed by atoms with Crippen LogP contribution in [0, 0.1) is 5.92 Å². The average molecular weight is 290 g/mol. The maximum absolute atomic E-state index is 12.3. The van der Waals surface area contributed by atoms with Gasteiger partial charge in [-0.2, -0.15) is 0 Å². The summed E-state index contributed by atoms with van der Waals surface area (Å²) >= 11 is 0. The SMILES string of the molecule is CC[C@H](C)[C@H](N)C(=O)N1CCN(Cc2ccccn2)CC1. The summed E-state index contributed by atoms with van der Waals surface area (Å²) < 4.78 is 0. The highest BCUT2D eigenvalue weighted by Gasteiger charge is 2.27. The van der Waals surface area contributed by atoms with Gasteiger partial charge in [0, 0.05) is 38.9 Å². The number of amides is 1. The van der Waals surface area contributed by atoms with Gasteiger partial charge in [0.2, 0.25) is 5.91 Å². The van der Waals surface area contributed by atoms with Gasteiger partial charge in [-0.1, -0.05) is 26.3 Å². The molecular formula is C16H26N4O. The van der Waals surface area contributed by atoms with Crippen molar-refractivity contribution in [2.75, 3.05) is 26.2 Å². The van der Waals surface area contributed by atoms with Crippen LogP contribution in [-0.4, -0.2) is 52.9 Å². The van der Waals surface area contributed by atoms with Crippen molar-refractivity contribution in [2.45, 2.75) is 32.9 Å². The van der Waals surface area contributed by atoms with Crippen molar-refractivity contribution in [1.29, 1.82) is 0 Å². The van der Waals surface area contributed by atoms with E-state index in [9.17, 15) is 4.79 Å². The van der Waals surface area contributed by atoms with E-state index in [0.717, 1.165) is 44.8 Å². The molecule has 2 heterocycles. The van der Waals surface area contributed by atoms with Crippen molar-refractivity contribution in [3.8, 4) is 0 Å². The van der Waals surface area contributed by atoms with Crippen molar-refractivity contribution in [3.63, 3.8) is 0 Å². The minimum atomic E-state index is -0.364. The van der Waals surface area contributed by atoms with E-state index in [-0.39, 0.29) is 17.9 Å². The van der Waals surface area contributed by atoms with E-state index in [2.05, 4.69) is 16.8 Å². The summed E-state index contributed by atoms with van der Waals surface area (Å²) in [4.78, 5) is 20.9. The Balaban J connectivity index is 1.81. The molecule has 116 valence electrons. The lowest BCUT2D eigenvalue weighted by Gasteiger charge is -2.36. The minimum absolute atomic E-state index is 0.0989. The molecule has 1 fully saturated rings. The van der Waals surface area contributed by atoms with Gasteiger partial charge in [-0.15, -0.1) is 0 Å². The van der Waals surface area contributed by atoms with Crippen LogP contribution in [-0.2, 0) is 11.3 Å². The second kappa shape index (κ2) is 7.52. The molecule has 0 aromatic carbocycles. The van der Waals surface area contributed by atoms with Gasteiger partial charge in [0.1, 0.15) is 0 Å². The Hall–Kier alpha value is -1.46. The number of carbonyl (C=O) groups excluding carboxylic acids is 1. The van der Waals surface area contributed by atoms with Gasteiger partial charge in [0.05, 0.1) is 11.7 Å². The number of nitrogens with two attached hydrogens (primary N) is 1. The normalized spacial score (nSPS) is 19.3. The second-order valence-corrected chi connectivity index (χ2v) is 5.83. The maximum atomic E-state index is 12.3. The Bertz CT molecular complexity index is 443. The topological polar surface area (TPSA) is 62.5 Å². The third-order valence-corrected chi connectivity index (χ3v) is 4.34. The van der Waals surface area contributed by atoms with Gasteiger partial charge in [-0.3, -0.25) is 14.7 Å². The standard InChI is InChI=1S/C16H26N4O/c1-3-13(2)15(17)16(21)20-10-8-19(9-11-20)12-14-6-4-5-7-18-14/h4-7,13,15H,3,8-12,17H2,1-2H3/t13-,15-/m0/s1. The van der Waals surface area contributed by atoms with Crippen molar-refractivity contribution in [3.05, 3.63) is 30.1 Å². The quantitative estimate of drug-likeness (QED) is 0.882. The lowest BCUT2D eigenvalue weighted by molar-refractivity contribution is -0.135. The molecule has 1 aliphatic rings. The minimum Gasteiger partial charge on any atom is -0.339 e. The van der Waals surface area contributed by atoms with E-state index in [1.54, 1.807) is 0 Å². The summed E-state index contributed by atoms with van der Waals surface area (Å²) in [6, 6.07) is 5.61. The van der Waals surface area contributed by atoms with Gasteiger partial charge < -0.3 is 10.6 Å². The number of hydrogen-bond donors (Lipinski definition) is 1. The highest BCUT2D eigenvalue weighted by molar-refractivity contribution is 5.82. The first-order valence-corrected chi connectivity index (χ1v) is 7.78. The van der Waals surface area contributed by atoms with Crippen LogP contribution in [0.1, 0.15) is 26.0 Å². The third kappa shape index (κ3) is 4.25. The Kier molecular flexibility index (Phi) is 5.70. The summed E-state index contributed by atoms with van der Waals surface area (Å²) in [5.74, 6) is 0.339. The number of carbonyl (C=O) groups is 1. The van der Waals surface area contributed by atoms with E-state index < -0.39 is 0 Å². The molecule has 0 radical (unpaired) electrons. The number of nitrogens with zero attached hydrogens (tertiary/aromatic N) is 3. The average Bonchev–Trinajstić information content (AvgIpc) is 2.54. The Morgan fingerprint density at radius 3 is 2.62 bits per heavy atom. The van der Waals surface area contributed by atoms with Gasteiger partial charge in [0.15, 0.2) is 0 Å². The number of pyridine rings is 1. The molecule has 2 rings (SSSR count). The molecule has 0 spiro atoms. The number of piperazine rings is 1. The van der Waals surface area contributed by atoms with Crippen molar-refractivity contribution in [2.24, 2.45) is 11.7 Å². The molecule has 0 saturated carbocycles. The summed E-state index contributed by atoms with van der Waals surface area (Å²) in [5.41, 5.74) is 7.12. The van der Waals surface area contributed by atoms with Crippen LogP contribution < -0.4 is 5.73 Å². The Morgan fingerprint density at radius 1 is 1.33 bits per heavy atom. The lowest BCUT2D eigenvalue weighted by Crippen LogP contribution is -2.54. The van der Waals surface area contributed by atoms with Crippen LogP contribution in [0.4, 0.5) is 0 Å². The fraction of sp³-hybridized carbons (Fsp3) is 0.625. The maximum Gasteiger partial charge on any atom is 0.239 e. The molecule has 21 heavy (non-hydrogen) atoms. The van der Waals surface area contributed by atoms with Gasteiger partial charge >= 0.3 is 0 Å². The van der Waals surface area contributed by atoms with E-state index in [0.29, 0.717) is 0 Å². The molecule has 2 N–H and O–H groups in total. The predicted octanol–water partition coefficient (Wildman–Crippen LogP) is 1.10. The Morgan fingerprint density at radius 2 is 2.05 bits per heavy atom. The molecule has 5 nitrogen and oxygen atoms in total. The number of rotatable bonds is 5. The number of aromatic nitrogens is 1. The highest BCUT2D eigenvalue weighted by atomic mass is 16.2. The lowest BCUT2D eigenvalue weighted by atomic mass is 9.98. The molecule has 1 aromatic heterocycles. The molecule has 1 saturated heterocycles. The Labute approximate surface area is 127 Å². The zero-order chi connectivity index (χ0) is 15.2. The second-order valence-electron chi connectivity index (χ2n) is 5.83. The molecule has 1 aliphatic heterocycles. The van der Waals surface area contributed by atoms with Crippen LogP contribution in [0.15, 0.2) is 24.4 Å². The van der Waals surface area contributed by atoms with Crippen LogP contribution in [0.2, 0.25) is 0 Å². The van der Waals surface area contributed by atoms with Crippen molar-refractivity contribution < 1.29 is 4.79 Å². The molecule has 2 atom stereocenters. The summed E-state index contributed by atoms with van der Waals surface area (Å²) in [6.07, 6.45) is 2.76. The zero-order valence-electron chi connectivity index (χ0n) is 13.0. The summed E-state index contributed by atoms with van der Waals surface area (Å²) in [5, 5.41) is 0. The van der Waals surface area contributed by atoms with E-state index in [1.165, 1.54) is 0 Å². The first-order valence-electron chi connectivity index (χ1n) is 7.78. The first-order chi connectivity index (χ1) is 10.1. The largest absolute Gasteiger partial charge is 0.339 e. The smallest absolute Gasteiger partial charge is 0.239 e. The van der Waals surface area contributed by atoms with E-state index in [4.69, 9.17) is 5.73 Å². The van der Waals surface area contributed by atoms with Gasteiger partial charge in [-0.25, -0.2) is 0 Å². The molecule has 0 unspecified atom stereocenters. The summed E-state index contributed by atoms with van der Waals surface area (Å²) in [7, 11) is 0. The molecule has 5 heteroatoms. The summed E-state index contributed by atoms with van der Waals surface area (Å²) in [6.45, 7) is 8.25. The molecule has 0 bridgehead atoms. The van der Waals surface area contributed by atoms with Crippen LogP contribution in [0.25, 0.3) is 0 Å². The molecule has 0 aliphatic carbocycles. The van der Waals surface area contributed by atoms with Crippen LogP contribution in [0.5, 0.6) is 0 Å². The fourth-order valence-electron chi connectivity index (χ4n) is 2.56. The van der Waals surface area contributed by atoms with Gasteiger partial charge in [-0.05, 0) is 18.1 Å².